The molecule has 0 bridgehead atoms. The van der Waals surface area contributed by atoms with Crippen LogP contribution in [-0.4, -0.2) is 34.5 Å². The van der Waals surface area contributed by atoms with Crippen molar-refractivity contribution in [1.82, 2.24) is 10.0 Å². The molecule has 6 nitrogen and oxygen atoms in total. The second-order valence-electron chi connectivity index (χ2n) is 5.55. The second kappa shape index (κ2) is 9.56. The van der Waals surface area contributed by atoms with E-state index in [9.17, 15) is 13.2 Å². The zero-order valence-corrected chi connectivity index (χ0v) is 15.9. The molecule has 26 heavy (non-hydrogen) atoms. The summed E-state index contributed by atoms with van der Waals surface area (Å²) in [7, 11) is -2.14. The number of rotatable bonds is 9. The van der Waals surface area contributed by atoms with Crippen LogP contribution in [0.3, 0.4) is 0 Å². The van der Waals surface area contributed by atoms with E-state index in [1.807, 2.05) is 12.1 Å². The number of sulfonamides is 1. The number of carbonyl (C=O) groups is 1. The van der Waals surface area contributed by atoms with Crippen LogP contribution in [0.5, 0.6) is 5.75 Å². The third kappa shape index (κ3) is 6.33. The maximum atomic E-state index is 12.1. The maximum absolute atomic E-state index is 12.1. The molecule has 0 radical (unpaired) electrons. The molecule has 0 aliphatic carbocycles. The van der Waals surface area contributed by atoms with Crippen molar-refractivity contribution in [3.8, 4) is 5.75 Å². The molecule has 0 saturated carbocycles. The monoisotopic (exact) mass is 396 g/mol. The maximum Gasteiger partial charge on any atom is 0.240 e. The summed E-state index contributed by atoms with van der Waals surface area (Å²) in [6.07, 6.45) is 0.747. The van der Waals surface area contributed by atoms with Crippen molar-refractivity contribution in [2.45, 2.75) is 17.7 Å². The highest BCUT2D eigenvalue weighted by Crippen LogP contribution is 2.15. The van der Waals surface area contributed by atoms with Gasteiger partial charge < -0.3 is 10.1 Å². The lowest BCUT2D eigenvalue weighted by Crippen LogP contribution is -2.31. The number of ether oxygens (including phenoxy) is 1. The van der Waals surface area contributed by atoms with Crippen molar-refractivity contribution in [3.05, 3.63) is 59.1 Å². The summed E-state index contributed by atoms with van der Waals surface area (Å²) in [5.41, 5.74) is 1.06. The van der Waals surface area contributed by atoms with Crippen LogP contribution in [0.25, 0.3) is 0 Å². The molecule has 140 valence electrons. The Hall–Kier alpha value is -2.09. The summed E-state index contributed by atoms with van der Waals surface area (Å²) < 4.78 is 31.7. The van der Waals surface area contributed by atoms with Gasteiger partial charge in [0.15, 0.2) is 0 Å². The summed E-state index contributed by atoms with van der Waals surface area (Å²) in [5.74, 6) is 0.361. The van der Waals surface area contributed by atoms with Crippen molar-refractivity contribution in [2.24, 2.45) is 0 Å². The molecule has 0 aliphatic heterocycles. The normalized spacial score (nSPS) is 11.2. The Labute approximate surface area is 158 Å². The number of carbonyl (C=O) groups excluding carboxylic acids is 1. The van der Waals surface area contributed by atoms with Gasteiger partial charge in [0.1, 0.15) is 5.75 Å². The summed E-state index contributed by atoms with van der Waals surface area (Å²) in [6, 6.07) is 13.4. The zero-order valence-electron chi connectivity index (χ0n) is 14.4. The summed E-state index contributed by atoms with van der Waals surface area (Å²) in [6.45, 7) is 0.507. The fourth-order valence-electron chi connectivity index (χ4n) is 2.22. The van der Waals surface area contributed by atoms with Gasteiger partial charge in [-0.1, -0.05) is 23.7 Å². The minimum absolute atomic E-state index is 0.0289. The van der Waals surface area contributed by atoms with Crippen LogP contribution >= 0.6 is 11.6 Å². The molecule has 0 spiro atoms. The van der Waals surface area contributed by atoms with Crippen molar-refractivity contribution in [3.63, 3.8) is 0 Å². The van der Waals surface area contributed by atoms with Gasteiger partial charge in [0.2, 0.25) is 15.9 Å². The second-order valence-corrected chi connectivity index (χ2v) is 7.75. The van der Waals surface area contributed by atoms with E-state index in [-0.39, 0.29) is 23.8 Å². The van der Waals surface area contributed by atoms with Gasteiger partial charge in [-0.15, -0.1) is 0 Å². The first kappa shape index (κ1) is 20.2. The lowest BCUT2D eigenvalue weighted by molar-refractivity contribution is -0.120. The van der Waals surface area contributed by atoms with Crippen molar-refractivity contribution in [1.29, 1.82) is 0 Å². The molecular formula is C18H21ClN2O4S. The molecule has 0 aliphatic rings. The first-order chi connectivity index (χ1) is 12.4. The first-order valence-corrected chi connectivity index (χ1v) is 9.92. The number of halogens is 1. The quantitative estimate of drug-likeness (QED) is 0.681. The number of hydrogen-bond donors (Lipinski definition) is 2. The van der Waals surface area contributed by atoms with Crippen LogP contribution in [0, 0.1) is 0 Å². The van der Waals surface area contributed by atoms with Crippen LogP contribution in [0.4, 0.5) is 0 Å². The van der Waals surface area contributed by atoms with Gasteiger partial charge in [0.05, 0.1) is 12.0 Å². The summed E-state index contributed by atoms with van der Waals surface area (Å²) in [4.78, 5) is 11.9. The molecule has 2 rings (SSSR count). The third-order valence-electron chi connectivity index (χ3n) is 3.66. The predicted octanol–water partition coefficient (Wildman–Crippen LogP) is 2.38. The third-order valence-corrected chi connectivity index (χ3v) is 5.39. The lowest BCUT2D eigenvalue weighted by atomic mass is 10.1. The van der Waals surface area contributed by atoms with E-state index in [0.29, 0.717) is 23.7 Å². The molecule has 2 aromatic carbocycles. The van der Waals surface area contributed by atoms with Gasteiger partial charge in [-0.2, -0.15) is 0 Å². The molecule has 0 atom stereocenters. The fraction of sp³-hybridized carbons (Fsp3) is 0.278. The van der Waals surface area contributed by atoms with E-state index in [0.717, 1.165) is 5.56 Å². The predicted molar refractivity (Wildman–Crippen MR) is 101 cm³/mol. The highest BCUT2D eigenvalue weighted by Gasteiger charge is 2.14. The van der Waals surface area contributed by atoms with Crippen molar-refractivity contribution >= 4 is 27.5 Å². The van der Waals surface area contributed by atoms with Crippen LogP contribution < -0.4 is 14.8 Å². The van der Waals surface area contributed by atoms with E-state index in [1.165, 1.54) is 19.2 Å². The van der Waals surface area contributed by atoms with Gasteiger partial charge in [-0.25, -0.2) is 13.1 Å². The highest BCUT2D eigenvalue weighted by molar-refractivity contribution is 7.89. The van der Waals surface area contributed by atoms with Crippen LogP contribution in [0.1, 0.15) is 12.0 Å². The van der Waals surface area contributed by atoms with E-state index in [1.54, 1.807) is 24.3 Å². The summed E-state index contributed by atoms with van der Waals surface area (Å²) >= 11 is 5.82. The number of nitrogens with one attached hydrogen (secondary N) is 2. The minimum atomic E-state index is -3.65. The largest absolute Gasteiger partial charge is 0.497 e. The highest BCUT2D eigenvalue weighted by atomic mass is 35.5. The standard InChI is InChI=1S/C18H21ClN2O4S/c1-25-16-6-8-17(9-7-16)26(23,24)21-13-11-18(22)20-12-10-14-2-4-15(19)5-3-14/h2-9,21H,10-13H2,1H3,(H,20,22). The molecule has 0 heterocycles. The van der Waals surface area contributed by atoms with Crippen LogP contribution in [0.15, 0.2) is 53.4 Å². The van der Waals surface area contributed by atoms with Gasteiger partial charge >= 0.3 is 0 Å². The topological polar surface area (TPSA) is 84.5 Å². The number of methoxy groups -OCH3 is 1. The number of benzene rings is 2. The molecule has 0 fully saturated rings. The van der Waals surface area contributed by atoms with Crippen LogP contribution in [0.2, 0.25) is 5.02 Å². The zero-order chi connectivity index (χ0) is 19.0. The van der Waals surface area contributed by atoms with Crippen molar-refractivity contribution < 1.29 is 17.9 Å². The Kier molecular flexibility index (Phi) is 7.44. The number of hydrogen-bond acceptors (Lipinski definition) is 4. The Morgan fingerprint density at radius 3 is 2.31 bits per heavy atom. The number of amides is 1. The van der Waals surface area contributed by atoms with Gasteiger partial charge in [0.25, 0.3) is 0 Å². The van der Waals surface area contributed by atoms with E-state index in [2.05, 4.69) is 10.0 Å². The first-order valence-electron chi connectivity index (χ1n) is 8.05. The van der Waals surface area contributed by atoms with E-state index >= 15 is 0 Å². The SMILES string of the molecule is COc1ccc(S(=O)(=O)NCCC(=O)NCCc2ccc(Cl)cc2)cc1. The van der Waals surface area contributed by atoms with Gasteiger partial charge in [-0.3, -0.25) is 4.79 Å². The average Bonchev–Trinajstić information content (AvgIpc) is 2.63. The molecule has 2 N–H and O–H groups in total. The Morgan fingerprint density at radius 1 is 1.04 bits per heavy atom. The van der Waals surface area contributed by atoms with Crippen LogP contribution in [-0.2, 0) is 21.2 Å². The smallest absolute Gasteiger partial charge is 0.240 e. The molecule has 8 heteroatoms. The Balaban J connectivity index is 1.72. The van der Waals surface area contributed by atoms with E-state index in [4.69, 9.17) is 16.3 Å². The molecule has 0 saturated heterocycles. The van der Waals surface area contributed by atoms with Gasteiger partial charge in [-0.05, 0) is 48.4 Å². The molecule has 1 amide bonds. The average molecular weight is 397 g/mol. The molecule has 0 aromatic heterocycles. The molecule has 0 unspecified atom stereocenters. The lowest BCUT2D eigenvalue weighted by Gasteiger charge is -2.08. The van der Waals surface area contributed by atoms with E-state index < -0.39 is 10.0 Å². The Morgan fingerprint density at radius 2 is 1.69 bits per heavy atom. The minimum Gasteiger partial charge on any atom is -0.497 e. The Bertz CT molecular complexity index is 821. The molecule has 2 aromatic rings. The molecular weight excluding hydrogens is 376 g/mol. The summed E-state index contributed by atoms with van der Waals surface area (Å²) in [5, 5.41) is 3.43. The van der Waals surface area contributed by atoms with Crippen molar-refractivity contribution in [2.75, 3.05) is 20.2 Å². The fourth-order valence-corrected chi connectivity index (χ4v) is 3.38. The van der Waals surface area contributed by atoms with Gasteiger partial charge in [0, 0.05) is 24.5 Å².